The fourth-order valence-corrected chi connectivity index (χ4v) is 5.17. The minimum absolute atomic E-state index is 0.157. The molecule has 5 rings (SSSR count). The van der Waals surface area contributed by atoms with Crippen LogP contribution >= 0.6 is 12.2 Å². The smallest absolute Gasteiger partial charge is 0.226 e. The van der Waals surface area contributed by atoms with E-state index in [0.29, 0.717) is 11.7 Å². The molecule has 0 saturated carbocycles. The van der Waals surface area contributed by atoms with E-state index in [9.17, 15) is 9.18 Å². The van der Waals surface area contributed by atoms with Gasteiger partial charge in [-0.1, -0.05) is 18.2 Å². The lowest BCUT2D eigenvalue weighted by molar-refractivity contribution is -0.116. The lowest BCUT2D eigenvalue weighted by Gasteiger charge is -2.29. The van der Waals surface area contributed by atoms with Gasteiger partial charge in [-0.05, 0) is 61.5 Å². The lowest BCUT2D eigenvalue weighted by Crippen LogP contribution is -2.33. The number of thiocarbonyl (C=S) groups is 1. The number of ether oxygens (including phenoxy) is 1. The molecule has 4 heterocycles. The van der Waals surface area contributed by atoms with Gasteiger partial charge in [0, 0.05) is 44.2 Å². The molecule has 9 heteroatoms. The number of hydrogen-bond donors (Lipinski definition) is 2. The van der Waals surface area contributed by atoms with E-state index in [1.54, 1.807) is 24.4 Å². The highest BCUT2D eigenvalue weighted by Gasteiger charge is 2.41. The van der Waals surface area contributed by atoms with Gasteiger partial charge in [-0.15, -0.1) is 0 Å². The first-order chi connectivity index (χ1) is 17.1. The zero-order valence-electron chi connectivity index (χ0n) is 19.3. The minimum Gasteiger partial charge on any atom is -0.376 e. The van der Waals surface area contributed by atoms with Crippen molar-refractivity contribution in [3.8, 4) is 0 Å². The highest BCUT2D eigenvalue weighted by atomic mass is 32.1. The molecule has 2 N–H and O–H groups in total. The second-order valence-electron chi connectivity index (χ2n) is 8.82. The Hall–Kier alpha value is -3.30. The first-order valence-corrected chi connectivity index (χ1v) is 12.3. The second-order valence-corrected chi connectivity index (χ2v) is 9.21. The Morgan fingerprint density at radius 2 is 2.06 bits per heavy atom. The molecule has 2 aliphatic rings. The van der Waals surface area contributed by atoms with E-state index in [2.05, 4.69) is 32.4 Å². The van der Waals surface area contributed by atoms with Crippen LogP contribution in [0.25, 0.3) is 0 Å². The van der Waals surface area contributed by atoms with Crippen molar-refractivity contribution in [3.63, 3.8) is 0 Å². The molecule has 2 fully saturated rings. The summed E-state index contributed by atoms with van der Waals surface area (Å²) < 4.78 is 22.1. The van der Waals surface area contributed by atoms with Crippen molar-refractivity contribution < 1.29 is 13.9 Å². The number of pyridine rings is 1. The number of para-hydroxylation sites is 1. The van der Waals surface area contributed by atoms with Crippen molar-refractivity contribution in [1.29, 1.82) is 0 Å². The zero-order chi connectivity index (χ0) is 24.2. The van der Waals surface area contributed by atoms with E-state index in [4.69, 9.17) is 17.0 Å². The van der Waals surface area contributed by atoms with Crippen molar-refractivity contribution in [2.45, 2.75) is 44.0 Å². The Morgan fingerprint density at radius 3 is 2.83 bits per heavy atom. The minimum atomic E-state index is -0.459. The molecule has 0 radical (unpaired) electrons. The molecule has 7 nitrogen and oxygen atoms in total. The van der Waals surface area contributed by atoms with Crippen molar-refractivity contribution in [1.82, 2.24) is 19.8 Å². The monoisotopic (exact) mass is 493 g/mol. The highest BCUT2D eigenvalue weighted by molar-refractivity contribution is 7.80. The maximum Gasteiger partial charge on any atom is 0.226 e. The summed E-state index contributed by atoms with van der Waals surface area (Å²) in [5.41, 5.74) is 2.13. The third kappa shape index (κ3) is 5.21. The van der Waals surface area contributed by atoms with Crippen molar-refractivity contribution in [2.24, 2.45) is 0 Å². The van der Waals surface area contributed by atoms with Gasteiger partial charge >= 0.3 is 0 Å². The average molecular weight is 494 g/mol. The Bertz CT molecular complexity index is 1180. The van der Waals surface area contributed by atoms with Crippen LogP contribution in [0.4, 0.5) is 10.1 Å². The Balaban J connectivity index is 1.38. The number of carbonyl (C=O) groups is 1. The standard InChI is InChI=1S/C26H28FN5O2S/c27-19-8-1-2-9-20(19)29-23(33)12-15-32-25(24(30-26(32)35)21-10-3-4-13-28-21)22-11-5-14-31(22)17-18-7-6-16-34-18/h1-5,8-11,13-14,18,24-25H,6-7,12,15-17H2,(H,29,33)(H,30,35)/t18-,24+,25+/m0/s1. The summed E-state index contributed by atoms with van der Waals surface area (Å²) >= 11 is 5.72. The fraction of sp³-hybridized carbons (Fsp3) is 0.346. The third-order valence-electron chi connectivity index (χ3n) is 6.52. The van der Waals surface area contributed by atoms with Gasteiger partial charge in [-0.3, -0.25) is 9.78 Å². The molecule has 2 aromatic heterocycles. The molecule has 3 atom stereocenters. The fourth-order valence-electron chi connectivity index (χ4n) is 4.83. The number of benzene rings is 1. The van der Waals surface area contributed by atoms with Crippen molar-refractivity contribution >= 4 is 28.9 Å². The van der Waals surface area contributed by atoms with Gasteiger partial charge in [0.05, 0.1) is 29.6 Å². The van der Waals surface area contributed by atoms with Crippen LogP contribution in [0.2, 0.25) is 0 Å². The molecule has 0 unspecified atom stereocenters. The summed E-state index contributed by atoms with van der Waals surface area (Å²) in [6.45, 7) is 1.95. The molecule has 2 saturated heterocycles. The van der Waals surface area contributed by atoms with Crippen LogP contribution in [0.1, 0.15) is 42.7 Å². The average Bonchev–Trinajstić information content (AvgIpc) is 3.61. The number of rotatable bonds is 8. The maximum atomic E-state index is 14.0. The molecule has 0 aliphatic carbocycles. The molecule has 1 aromatic carbocycles. The maximum absolute atomic E-state index is 14.0. The van der Waals surface area contributed by atoms with Gasteiger partial charge in [0.2, 0.25) is 5.91 Å². The van der Waals surface area contributed by atoms with Crippen LogP contribution in [0, 0.1) is 5.82 Å². The summed E-state index contributed by atoms with van der Waals surface area (Å²) in [5.74, 6) is -0.730. The van der Waals surface area contributed by atoms with Crippen LogP contribution in [-0.2, 0) is 16.1 Å². The predicted molar refractivity (Wildman–Crippen MR) is 135 cm³/mol. The molecule has 0 spiro atoms. The van der Waals surface area contributed by atoms with Crippen LogP contribution in [0.15, 0.2) is 67.0 Å². The number of anilines is 1. The molecule has 182 valence electrons. The summed E-state index contributed by atoms with van der Waals surface area (Å²) in [6, 6.07) is 15.8. The van der Waals surface area contributed by atoms with Gasteiger partial charge in [-0.2, -0.15) is 0 Å². The number of carbonyl (C=O) groups excluding carboxylic acids is 1. The Kier molecular flexibility index (Phi) is 7.06. The zero-order valence-corrected chi connectivity index (χ0v) is 20.1. The van der Waals surface area contributed by atoms with Crippen LogP contribution < -0.4 is 10.6 Å². The molecule has 1 amide bonds. The van der Waals surface area contributed by atoms with Crippen molar-refractivity contribution in [2.75, 3.05) is 18.5 Å². The molecule has 35 heavy (non-hydrogen) atoms. The topological polar surface area (TPSA) is 71.4 Å². The third-order valence-corrected chi connectivity index (χ3v) is 6.87. The normalized spacial score (nSPS) is 21.8. The number of aromatic nitrogens is 2. The lowest BCUT2D eigenvalue weighted by atomic mass is 10.0. The summed E-state index contributed by atoms with van der Waals surface area (Å²) in [6.07, 6.45) is 6.31. The molecule has 3 aromatic rings. The SMILES string of the molecule is O=C(CCN1C(=S)N[C@H](c2ccccn2)[C@H]1c1cccn1C[C@@H]1CCCO1)Nc1ccccc1F. The summed E-state index contributed by atoms with van der Waals surface area (Å²) in [4.78, 5) is 19.3. The van der Waals surface area contributed by atoms with Gasteiger partial charge in [0.25, 0.3) is 0 Å². The molecule has 0 bridgehead atoms. The number of nitrogens with one attached hydrogen (secondary N) is 2. The Labute approximate surface area is 209 Å². The molecular weight excluding hydrogens is 465 g/mol. The predicted octanol–water partition coefficient (Wildman–Crippen LogP) is 4.20. The number of halogens is 1. The molecular formula is C26H28FN5O2S. The summed E-state index contributed by atoms with van der Waals surface area (Å²) in [5, 5.41) is 6.65. The number of amides is 1. The van der Waals surface area contributed by atoms with E-state index in [1.165, 1.54) is 6.07 Å². The van der Waals surface area contributed by atoms with Crippen LogP contribution in [0.3, 0.4) is 0 Å². The van der Waals surface area contributed by atoms with Crippen molar-refractivity contribution in [3.05, 3.63) is 84.2 Å². The van der Waals surface area contributed by atoms with Gasteiger partial charge in [0.15, 0.2) is 5.11 Å². The quantitative estimate of drug-likeness (QED) is 0.459. The van der Waals surface area contributed by atoms with Crippen LogP contribution in [0.5, 0.6) is 0 Å². The van der Waals surface area contributed by atoms with Gasteiger partial charge in [0.1, 0.15) is 5.82 Å². The largest absolute Gasteiger partial charge is 0.376 e. The van der Waals surface area contributed by atoms with E-state index in [1.807, 2.05) is 29.2 Å². The first kappa shape index (κ1) is 23.4. The van der Waals surface area contributed by atoms with Crippen LogP contribution in [-0.4, -0.2) is 44.7 Å². The van der Waals surface area contributed by atoms with E-state index in [-0.39, 0.29) is 36.2 Å². The molecule has 2 aliphatic heterocycles. The van der Waals surface area contributed by atoms with Gasteiger partial charge < -0.3 is 24.8 Å². The Morgan fingerprint density at radius 1 is 1.20 bits per heavy atom. The van der Waals surface area contributed by atoms with E-state index < -0.39 is 5.82 Å². The number of hydrogen-bond acceptors (Lipinski definition) is 4. The summed E-state index contributed by atoms with van der Waals surface area (Å²) in [7, 11) is 0. The highest BCUT2D eigenvalue weighted by Crippen LogP contribution is 2.39. The van der Waals surface area contributed by atoms with Gasteiger partial charge in [-0.25, -0.2) is 4.39 Å². The van der Waals surface area contributed by atoms with E-state index >= 15 is 0 Å². The first-order valence-electron chi connectivity index (χ1n) is 11.9. The number of nitrogens with zero attached hydrogens (tertiary/aromatic N) is 3. The second kappa shape index (κ2) is 10.5. The van der Waals surface area contributed by atoms with E-state index in [0.717, 1.165) is 37.4 Å².